The molecular formula is C23H18Cl2Zr. The fourth-order valence-electron chi connectivity index (χ4n) is 3.15. The molecule has 0 atom stereocenters. The molecular weight excluding hydrogens is 438 g/mol. The van der Waals surface area contributed by atoms with Crippen LogP contribution in [0.15, 0.2) is 91.0 Å². The fourth-order valence-corrected chi connectivity index (χ4v) is 3.15. The average molecular weight is 457 g/mol. The van der Waals surface area contributed by atoms with Crippen molar-refractivity contribution in [1.29, 1.82) is 0 Å². The van der Waals surface area contributed by atoms with Gasteiger partial charge in [-0.2, -0.15) is 17.5 Å². The van der Waals surface area contributed by atoms with E-state index in [-0.39, 0.29) is 51.0 Å². The summed E-state index contributed by atoms with van der Waals surface area (Å²) in [5.74, 6) is 0. The predicted molar refractivity (Wildman–Crippen MR) is 101 cm³/mol. The van der Waals surface area contributed by atoms with Crippen LogP contribution in [0, 0.1) is 6.92 Å². The van der Waals surface area contributed by atoms with Crippen molar-refractivity contribution in [3.05, 3.63) is 96.6 Å². The average Bonchev–Trinajstić information content (AvgIpc) is 3.19. The molecule has 0 heterocycles. The second kappa shape index (κ2) is 10.1. The number of halogens is 2. The molecule has 0 bridgehead atoms. The third-order valence-corrected chi connectivity index (χ3v) is 4.32. The molecule has 5 aromatic carbocycles. The molecule has 0 nitrogen and oxygen atoms in total. The first kappa shape index (κ1) is 22.6. The van der Waals surface area contributed by atoms with E-state index in [1.807, 2.05) is 0 Å². The number of aryl methyl sites for hydroxylation is 1. The predicted octanol–water partition coefficient (Wildman–Crippen LogP) is 0.585. The van der Waals surface area contributed by atoms with Crippen molar-refractivity contribution < 1.29 is 51.0 Å². The molecule has 0 fully saturated rings. The summed E-state index contributed by atoms with van der Waals surface area (Å²) in [6.45, 7) is 2.14. The Bertz CT molecular complexity index is 1060. The fraction of sp³-hybridized carbons (Fsp3) is 0.0435. The molecule has 3 heteroatoms. The molecule has 26 heavy (non-hydrogen) atoms. The van der Waals surface area contributed by atoms with Gasteiger partial charge in [0.2, 0.25) is 0 Å². The van der Waals surface area contributed by atoms with Gasteiger partial charge in [0.1, 0.15) is 0 Å². The number of fused-ring (bicyclic) bond motifs is 4. The molecule has 0 N–H and O–H groups in total. The van der Waals surface area contributed by atoms with Crippen molar-refractivity contribution in [2.45, 2.75) is 6.92 Å². The quantitative estimate of drug-likeness (QED) is 0.299. The van der Waals surface area contributed by atoms with Gasteiger partial charge in [0, 0.05) is 0 Å². The van der Waals surface area contributed by atoms with E-state index in [1.165, 1.54) is 37.9 Å². The monoisotopic (exact) mass is 454 g/mol. The van der Waals surface area contributed by atoms with Crippen LogP contribution in [0.2, 0.25) is 0 Å². The van der Waals surface area contributed by atoms with Crippen molar-refractivity contribution in [3.8, 4) is 0 Å². The number of hydrogen-bond acceptors (Lipinski definition) is 0. The summed E-state index contributed by atoms with van der Waals surface area (Å²) >= 11 is 0. The van der Waals surface area contributed by atoms with E-state index in [4.69, 9.17) is 0 Å². The van der Waals surface area contributed by atoms with Gasteiger partial charge in [-0.1, -0.05) is 42.0 Å². The van der Waals surface area contributed by atoms with Crippen LogP contribution in [0.3, 0.4) is 0 Å². The zero-order valence-electron chi connectivity index (χ0n) is 14.4. The molecule has 0 saturated carbocycles. The zero-order valence-corrected chi connectivity index (χ0v) is 18.4. The van der Waals surface area contributed by atoms with Crippen molar-refractivity contribution >= 4 is 32.3 Å². The van der Waals surface area contributed by atoms with E-state index in [0.717, 1.165) is 0 Å². The second-order valence-corrected chi connectivity index (χ2v) is 5.98. The maximum atomic E-state index is 2.26. The molecule has 128 valence electrons. The maximum Gasteiger partial charge on any atom is 4.00 e. The standard InChI is InChI=1S/C14H11.C9H7.2ClH.Zr/c1-10-6-7-14-12(8-10)9-11-4-2-3-5-13(11)14;1-2-5-9-7-3-6-8(9)4-1;;;/h2-9H,1H3;1-7H;2*1H;/q2*-1;;;+4/p-2. The first-order valence-electron chi connectivity index (χ1n) is 7.96. The summed E-state index contributed by atoms with van der Waals surface area (Å²) in [6.07, 6.45) is 0. The van der Waals surface area contributed by atoms with Gasteiger partial charge in [0.25, 0.3) is 0 Å². The second-order valence-electron chi connectivity index (χ2n) is 5.98. The molecule has 0 spiro atoms. The van der Waals surface area contributed by atoms with Crippen molar-refractivity contribution in [3.63, 3.8) is 0 Å². The Kier molecular flexibility index (Phi) is 8.77. The summed E-state index contributed by atoms with van der Waals surface area (Å²) in [4.78, 5) is 0. The van der Waals surface area contributed by atoms with Gasteiger partial charge in [0.15, 0.2) is 0 Å². The third kappa shape index (κ3) is 4.66. The molecule has 0 radical (unpaired) electrons. The normalized spacial score (nSPS) is 9.58. The van der Waals surface area contributed by atoms with Crippen LogP contribution in [0.1, 0.15) is 5.56 Å². The molecule has 0 aromatic heterocycles. The molecule has 0 aliphatic rings. The van der Waals surface area contributed by atoms with Gasteiger partial charge < -0.3 is 24.8 Å². The minimum absolute atomic E-state index is 0. The van der Waals surface area contributed by atoms with E-state index in [1.54, 1.807) is 0 Å². The minimum Gasteiger partial charge on any atom is -1.00 e. The summed E-state index contributed by atoms with van der Waals surface area (Å²) in [6, 6.07) is 32.1. The Morgan fingerprint density at radius 3 is 2.08 bits per heavy atom. The van der Waals surface area contributed by atoms with Gasteiger partial charge in [0.05, 0.1) is 0 Å². The van der Waals surface area contributed by atoms with Crippen molar-refractivity contribution in [2.24, 2.45) is 0 Å². The molecule has 5 aromatic rings. The van der Waals surface area contributed by atoms with Crippen LogP contribution in [0.4, 0.5) is 0 Å². The Morgan fingerprint density at radius 1 is 0.654 bits per heavy atom. The first-order valence-corrected chi connectivity index (χ1v) is 7.96. The van der Waals surface area contributed by atoms with Gasteiger partial charge in [-0.05, 0) is 6.92 Å². The summed E-state index contributed by atoms with van der Waals surface area (Å²) in [5.41, 5.74) is 1.33. The van der Waals surface area contributed by atoms with Crippen molar-refractivity contribution in [2.75, 3.05) is 0 Å². The van der Waals surface area contributed by atoms with E-state index in [0.29, 0.717) is 0 Å². The minimum atomic E-state index is 0. The zero-order chi connectivity index (χ0) is 15.6. The van der Waals surface area contributed by atoms with Crippen LogP contribution < -0.4 is 24.8 Å². The van der Waals surface area contributed by atoms with Crippen LogP contribution in [0.5, 0.6) is 0 Å². The number of hydrogen-bond donors (Lipinski definition) is 0. The Hall–Kier alpha value is -1.40. The van der Waals surface area contributed by atoms with E-state index >= 15 is 0 Å². The van der Waals surface area contributed by atoms with Crippen LogP contribution in [-0.4, -0.2) is 0 Å². The Balaban J connectivity index is 0.000000250. The summed E-state index contributed by atoms with van der Waals surface area (Å²) in [7, 11) is 0. The molecule has 5 rings (SSSR count). The third-order valence-electron chi connectivity index (χ3n) is 4.32. The van der Waals surface area contributed by atoms with Crippen LogP contribution >= 0.6 is 0 Å². The van der Waals surface area contributed by atoms with E-state index in [9.17, 15) is 0 Å². The molecule has 0 aliphatic heterocycles. The molecule has 0 aliphatic carbocycles. The van der Waals surface area contributed by atoms with Gasteiger partial charge in [-0.25, -0.2) is 0 Å². The Labute approximate surface area is 185 Å². The van der Waals surface area contributed by atoms with Crippen LogP contribution in [0.25, 0.3) is 32.3 Å². The van der Waals surface area contributed by atoms with Gasteiger partial charge >= 0.3 is 26.2 Å². The number of rotatable bonds is 0. The summed E-state index contributed by atoms with van der Waals surface area (Å²) < 4.78 is 0. The number of benzene rings is 3. The smallest absolute Gasteiger partial charge is 1.00 e. The summed E-state index contributed by atoms with van der Waals surface area (Å²) in [5, 5.41) is 8.09. The largest absolute Gasteiger partial charge is 4.00 e. The van der Waals surface area contributed by atoms with Crippen LogP contribution in [-0.2, 0) is 26.2 Å². The Morgan fingerprint density at radius 2 is 1.31 bits per heavy atom. The first-order chi connectivity index (χ1) is 11.3. The topological polar surface area (TPSA) is 0 Å². The van der Waals surface area contributed by atoms with Gasteiger partial charge in [-0.15, -0.1) is 69.4 Å². The van der Waals surface area contributed by atoms with E-state index < -0.39 is 0 Å². The molecule has 0 unspecified atom stereocenters. The van der Waals surface area contributed by atoms with Crippen molar-refractivity contribution in [1.82, 2.24) is 0 Å². The van der Waals surface area contributed by atoms with Gasteiger partial charge in [-0.3, -0.25) is 0 Å². The molecule has 0 amide bonds. The SMILES string of the molecule is Cc1ccc2c(c1)[cH-]c1ccccc12.[Cl-].[Cl-].[Zr+4].c1ccc2[cH-]ccc2c1. The van der Waals surface area contributed by atoms with E-state index in [2.05, 4.69) is 97.9 Å². The molecule has 0 saturated heterocycles. The maximum absolute atomic E-state index is 2.26.